The van der Waals surface area contributed by atoms with Gasteiger partial charge in [-0.25, -0.2) is 4.98 Å². The van der Waals surface area contributed by atoms with Gasteiger partial charge in [0.1, 0.15) is 17.9 Å². The van der Waals surface area contributed by atoms with Crippen molar-refractivity contribution in [3.63, 3.8) is 0 Å². The van der Waals surface area contributed by atoms with E-state index in [-0.39, 0.29) is 23.5 Å². The summed E-state index contributed by atoms with van der Waals surface area (Å²) in [4.78, 5) is 19.1. The fraction of sp³-hybridized carbons (Fsp3) is 0.652. The molecule has 4 atom stereocenters. The van der Waals surface area contributed by atoms with Gasteiger partial charge in [0.25, 0.3) is 0 Å². The van der Waals surface area contributed by atoms with Crippen LogP contribution in [0.2, 0.25) is 0 Å². The van der Waals surface area contributed by atoms with Crippen LogP contribution in [0.1, 0.15) is 50.5 Å². The van der Waals surface area contributed by atoms with Gasteiger partial charge in [0.15, 0.2) is 0 Å². The van der Waals surface area contributed by atoms with Crippen molar-refractivity contribution < 1.29 is 4.79 Å². The molecule has 156 valence electrons. The highest BCUT2D eigenvalue weighted by Gasteiger charge is 2.57. The van der Waals surface area contributed by atoms with E-state index in [4.69, 9.17) is 5.26 Å². The fourth-order valence-corrected chi connectivity index (χ4v) is 6.81. The molecule has 7 heteroatoms. The quantitative estimate of drug-likeness (QED) is 0.781. The Balaban J connectivity index is 1.34. The van der Waals surface area contributed by atoms with Gasteiger partial charge in [-0.15, -0.1) is 0 Å². The molecule has 0 spiro atoms. The van der Waals surface area contributed by atoms with Crippen molar-refractivity contribution >= 4 is 11.7 Å². The zero-order valence-corrected chi connectivity index (χ0v) is 17.2. The van der Waals surface area contributed by atoms with Gasteiger partial charge < -0.3 is 15.5 Å². The summed E-state index contributed by atoms with van der Waals surface area (Å²) in [6.45, 7) is 0.986. The lowest BCUT2D eigenvalue weighted by Gasteiger charge is -2.61. The second-order valence-electron chi connectivity index (χ2n) is 9.66. The maximum absolute atomic E-state index is 12.9. The molecule has 1 amide bonds. The minimum absolute atomic E-state index is 0.0463. The molecule has 1 saturated heterocycles. The van der Waals surface area contributed by atoms with E-state index in [1.165, 1.54) is 19.3 Å². The third-order valence-electron chi connectivity index (χ3n) is 7.82. The van der Waals surface area contributed by atoms with Gasteiger partial charge in [-0.05, 0) is 74.8 Å². The number of anilines is 1. The van der Waals surface area contributed by atoms with Gasteiger partial charge in [-0.1, -0.05) is 0 Å². The molecule has 0 aromatic carbocycles. The minimum atomic E-state index is -0.271. The summed E-state index contributed by atoms with van der Waals surface area (Å²) >= 11 is 0. The van der Waals surface area contributed by atoms with E-state index in [1.54, 1.807) is 17.2 Å². The van der Waals surface area contributed by atoms with Crippen LogP contribution in [-0.4, -0.2) is 46.5 Å². The van der Waals surface area contributed by atoms with Gasteiger partial charge in [-0.2, -0.15) is 10.5 Å². The van der Waals surface area contributed by atoms with Crippen LogP contribution in [0.25, 0.3) is 0 Å². The van der Waals surface area contributed by atoms with Crippen LogP contribution in [0.5, 0.6) is 0 Å². The number of nitriles is 2. The van der Waals surface area contributed by atoms with Crippen LogP contribution in [0.3, 0.4) is 0 Å². The monoisotopic (exact) mass is 404 g/mol. The topological polar surface area (TPSA) is 105 Å². The number of hydrogen-bond donors (Lipinski definition) is 2. The SMILES string of the molecule is N#Cc1ccc(NC2C3CC4CC(C3)CC2(NCC(=O)N2CCCC2C#N)C4)nc1. The number of rotatable bonds is 5. The Bertz CT molecular complexity index is 886. The molecule has 1 aliphatic heterocycles. The first-order chi connectivity index (χ1) is 14.6. The molecule has 7 nitrogen and oxygen atoms in total. The highest BCUT2D eigenvalue weighted by atomic mass is 16.2. The Hall–Kier alpha value is -2.64. The molecule has 0 radical (unpaired) electrons. The van der Waals surface area contributed by atoms with Crippen molar-refractivity contribution in [2.24, 2.45) is 17.8 Å². The Morgan fingerprint density at radius 1 is 1.23 bits per heavy atom. The van der Waals surface area contributed by atoms with Crippen LogP contribution < -0.4 is 10.6 Å². The van der Waals surface area contributed by atoms with Crippen LogP contribution in [-0.2, 0) is 4.79 Å². The van der Waals surface area contributed by atoms with Crippen molar-refractivity contribution in [2.45, 2.75) is 62.6 Å². The lowest BCUT2D eigenvalue weighted by Crippen LogP contribution is -2.70. The highest BCUT2D eigenvalue weighted by Crippen LogP contribution is 2.56. The summed E-state index contributed by atoms with van der Waals surface area (Å²) in [6, 6.07) is 8.02. The molecular weight excluding hydrogens is 376 g/mol. The zero-order valence-electron chi connectivity index (χ0n) is 17.2. The highest BCUT2D eigenvalue weighted by molar-refractivity contribution is 5.79. The van der Waals surface area contributed by atoms with Gasteiger partial charge in [0.2, 0.25) is 5.91 Å². The maximum Gasteiger partial charge on any atom is 0.237 e. The number of likely N-dealkylation sites (tertiary alicyclic amines) is 1. The number of carbonyl (C=O) groups is 1. The first kappa shape index (κ1) is 19.3. The summed E-state index contributed by atoms with van der Waals surface area (Å²) in [5, 5.41) is 25.7. The average molecular weight is 405 g/mol. The number of pyridine rings is 1. The molecule has 2 N–H and O–H groups in total. The summed E-state index contributed by atoms with van der Waals surface area (Å²) in [5.74, 6) is 2.88. The summed E-state index contributed by atoms with van der Waals surface area (Å²) in [6.07, 6.45) is 9.28. The van der Waals surface area contributed by atoms with Crippen molar-refractivity contribution in [1.29, 1.82) is 10.5 Å². The number of nitrogens with one attached hydrogen (secondary N) is 2. The first-order valence-electron chi connectivity index (χ1n) is 11.2. The number of aromatic nitrogens is 1. The number of hydrogen-bond acceptors (Lipinski definition) is 6. The van der Waals surface area contributed by atoms with Crippen molar-refractivity contribution in [3.05, 3.63) is 23.9 Å². The van der Waals surface area contributed by atoms with Gasteiger partial charge in [0, 0.05) is 24.3 Å². The fourth-order valence-electron chi connectivity index (χ4n) is 6.81. The molecule has 1 aromatic rings. The second kappa shape index (κ2) is 7.56. The first-order valence-corrected chi connectivity index (χ1v) is 11.2. The molecule has 2 heterocycles. The standard InChI is InChI=1S/C23H28N6O/c24-11-15-3-4-20(26-13-15)28-22-18-7-16-6-17(8-18)10-23(22,9-16)27-14-21(30)29-5-1-2-19(29)12-25/h3-4,13,16-19,22,27H,1-2,5-10,14H2,(H,26,28). The molecule has 5 aliphatic rings. The lowest BCUT2D eigenvalue weighted by molar-refractivity contribution is -0.131. The molecule has 5 fully saturated rings. The van der Waals surface area contributed by atoms with E-state index >= 15 is 0 Å². The van der Waals surface area contributed by atoms with E-state index in [9.17, 15) is 10.1 Å². The normalized spacial score (nSPS) is 36.3. The lowest BCUT2D eigenvalue weighted by atomic mass is 9.50. The van der Waals surface area contributed by atoms with E-state index < -0.39 is 0 Å². The molecule has 4 unspecified atom stereocenters. The predicted molar refractivity (Wildman–Crippen MR) is 111 cm³/mol. The van der Waals surface area contributed by atoms with E-state index in [1.807, 2.05) is 6.07 Å². The predicted octanol–water partition coefficient (Wildman–Crippen LogP) is 2.42. The zero-order chi connectivity index (χ0) is 20.7. The largest absolute Gasteiger partial charge is 0.365 e. The van der Waals surface area contributed by atoms with E-state index in [0.29, 0.717) is 24.6 Å². The van der Waals surface area contributed by atoms with E-state index in [0.717, 1.165) is 43.3 Å². The van der Waals surface area contributed by atoms with Gasteiger partial charge in [-0.3, -0.25) is 4.79 Å². The number of amides is 1. The molecule has 30 heavy (non-hydrogen) atoms. The third kappa shape index (κ3) is 3.32. The molecule has 4 saturated carbocycles. The molecule has 6 rings (SSSR count). The Morgan fingerprint density at radius 3 is 2.70 bits per heavy atom. The van der Waals surface area contributed by atoms with E-state index in [2.05, 4.69) is 27.8 Å². The molecule has 4 aliphatic carbocycles. The Kier molecular flexibility index (Phi) is 4.87. The van der Waals surface area contributed by atoms with Crippen LogP contribution in [0.15, 0.2) is 18.3 Å². The third-order valence-corrected chi connectivity index (χ3v) is 7.82. The molecule has 4 bridgehead atoms. The van der Waals surface area contributed by atoms with Gasteiger partial charge in [0.05, 0.1) is 18.2 Å². The number of nitrogens with zero attached hydrogens (tertiary/aromatic N) is 4. The summed E-state index contributed by atoms with van der Waals surface area (Å²) in [7, 11) is 0. The van der Waals surface area contributed by atoms with Crippen molar-refractivity contribution in [2.75, 3.05) is 18.4 Å². The summed E-state index contributed by atoms with van der Waals surface area (Å²) in [5.41, 5.74) is 0.448. The Morgan fingerprint density at radius 2 is 2.03 bits per heavy atom. The van der Waals surface area contributed by atoms with Crippen LogP contribution >= 0.6 is 0 Å². The smallest absolute Gasteiger partial charge is 0.237 e. The average Bonchev–Trinajstić information content (AvgIpc) is 3.24. The maximum atomic E-state index is 12.9. The second-order valence-corrected chi connectivity index (χ2v) is 9.66. The minimum Gasteiger partial charge on any atom is -0.365 e. The number of carbonyl (C=O) groups excluding carboxylic acids is 1. The van der Waals surface area contributed by atoms with Crippen molar-refractivity contribution in [3.8, 4) is 12.1 Å². The molecular formula is C23H28N6O. The summed E-state index contributed by atoms with van der Waals surface area (Å²) < 4.78 is 0. The Labute approximate surface area is 177 Å². The van der Waals surface area contributed by atoms with Crippen LogP contribution in [0, 0.1) is 40.4 Å². The van der Waals surface area contributed by atoms with Crippen LogP contribution in [0.4, 0.5) is 5.82 Å². The van der Waals surface area contributed by atoms with Gasteiger partial charge >= 0.3 is 0 Å². The molecule has 1 aromatic heterocycles. The van der Waals surface area contributed by atoms with Crippen molar-refractivity contribution in [1.82, 2.24) is 15.2 Å².